The number of nitrogens with zero attached hydrogens (tertiary/aromatic N) is 7. The number of nitrogens with two attached hydrogens (primary N) is 1. The number of benzene rings is 5. The highest BCUT2D eigenvalue weighted by atomic mass is 32.2. The summed E-state index contributed by atoms with van der Waals surface area (Å²) in [5.41, 5.74) is 16.7. The number of anilines is 6. The molecule has 0 atom stereocenters. The third-order valence-electron chi connectivity index (χ3n) is 14.2. The first-order valence-corrected chi connectivity index (χ1v) is 36.4. The molecule has 5 aromatic carbocycles. The first-order chi connectivity index (χ1) is 46.4. The third-order valence-corrected chi connectivity index (χ3v) is 17.5. The molecule has 0 spiro atoms. The van der Waals surface area contributed by atoms with Crippen molar-refractivity contribution in [2.24, 2.45) is 40.5 Å². The second-order valence-electron chi connectivity index (χ2n) is 27.5. The summed E-state index contributed by atoms with van der Waals surface area (Å²) in [6.45, 7) is 41.0. The highest BCUT2D eigenvalue weighted by molar-refractivity contribution is 8.01. The Morgan fingerprint density at radius 2 is 0.867 bits per heavy atom. The molecule has 3 heterocycles. The van der Waals surface area contributed by atoms with Crippen molar-refractivity contribution in [1.29, 1.82) is 0 Å². The smallest absolute Gasteiger partial charge is 0.319 e. The Hall–Kier alpha value is -8.23. The zero-order chi connectivity index (χ0) is 72.1. The number of amides is 2. The van der Waals surface area contributed by atoms with E-state index in [1.807, 2.05) is 49.9 Å². The van der Waals surface area contributed by atoms with Crippen molar-refractivity contribution in [1.82, 2.24) is 15.5 Å². The Bertz CT molecular complexity index is 3740. The van der Waals surface area contributed by atoms with Crippen molar-refractivity contribution in [3.63, 3.8) is 0 Å². The van der Waals surface area contributed by atoms with Crippen LogP contribution in [0, 0.1) is 56.3 Å². The number of aliphatic carboxylic acids is 1. The standard InChI is InChI=1S/C27H35N3O2S.C24H35N3O4S.C21H30N2S.C5H4N2O2/c1-19(2)16-30(17-20(3)4)26-12-11-24(33-18-22-9-7-6-8-10-22)15-25(26)28-27(31)14-23-13-21(5)29-32-23;1-15(2)13-27(14-16(3)4)21-9-8-19(32-24(6,7)23(29)30)12-20(21)25-22(28)11-18-10-17(5)26-31-18;1-16(2)13-23(14-17(3)4)21-11-10-19(12-20(21)22)24-15-18-8-6-5-7-9-18;1-4-2-5(6-3-8)9-7-4/h6-13,15,19-20H,14,16-18H2,1-5H3,(H,28,31);8-10,12,15-16H,11,13-14H2,1-7H3,(H,25,28)(H,29,30);5-12,16-17H,13-15,22H2,1-4H3;2H,1H3. The number of thioether (sulfide) groups is 3. The van der Waals surface area contributed by atoms with Crippen LogP contribution in [0.1, 0.15) is 137 Å². The molecule has 0 unspecified atom stereocenters. The van der Waals surface area contributed by atoms with Gasteiger partial charge in [-0.2, -0.15) is 0 Å². The summed E-state index contributed by atoms with van der Waals surface area (Å²) in [6.07, 6.45) is 1.58. The predicted octanol–water partition coefficient (Wildman–Crippen LogP) is 18.4. The molecular weight excluding hydrogens is 1290 g/mol. The number of aryl methyl sites for hydroxylation is 3. The van der Waals surface area contributed by atoms with Gasteiger partial charge in [0.05, 0.1) is 64.0 Å². The Kier molecular flexibility index (Phi) is 33.3. The predicted molar refractivity (Wildman–Crippen MR) is 405 cm³/mol. The SMILES string of the molecule is CC(C)CN(CC(C)C)c1ccc(SCc2ccccc2)cc1N.Cc1cc(CC(=O)Nc2cc(SC(C)(C)C(=O)O)ccc2N(CC(C)C)CC(C)C)on1.Cc1cc(CC(=O)Nc2cc(SCc3ccccc3)ccc2N(CC(C)C)CC(C)C)on1.Cc1cc(N=C=O)on1. The van der Waals surface area contributed by atoms with Gasteiger partial charge < -0.3 is 49.7 Å². The quantitative estimate of drug-likeness (QED) is 0.0137. The van der Waals surface area contributed by atoms with E-state index >= 15 is 0 Å². The number of aromatic nitrogens is 3. The number of carboxylic acid groups (broad SMARTS) is 1. The fraction of sp³-hybridized carbons (Fsp3) is 0.442. The summed E-state index contributed by atoms with van der Waals surface area (Å²) in [7, 11) is 0. The van der Waals surface area contributed by atoms with Gasteiger partial charge in [0.25, 0.3) is 5.88 Å². The van der Waals surface area contributed by atoms with Gasteiger partial charge in [-0.1, -0.05) is 159 Å². The van der Waals surface area contributed by atoms with Gasteiger partial charge in [0, 0.05) is 83.7 Å². The van der Waals surface area contributed by atoms with Crippen molar-refractivity contribution in [3.8, 4) is 0 Å². The number of carbonyl (C=O) groups excluding carboxylic acids is 3. The lowest BCUT2D eigenvalue weighted by Crippen LogP contribution is -2.32. The normalized spacial score (nSPS) is 11.2. The second kappa shape index (κ2) is 40.6. The number of carboxylic acids is 1. The first kappa shape index (κ1) is 80.5. The van der Waals surface area contributed by atoms with E-state index in [1.54, 1.807) is 50.7 Å². The summed E-state index contributed by atoms with van der Waals surface area (Å²) in [6, 6.07) is 44.7. The molecule has 2 amide bonds. The number of isocyanates is 1. The molecule has 0 radical (unpaired) electrons. The molecule has 0 aliphatic rings. The molecule has 528 valence electrons. The van der Waals surface area contributed by atoms with Gasteiger partial charge in [-0.15, -0.1) is 40.3 Å². The van der Waals surface area contributed by atoms with Crippen molar-refractivity contribution in [2.75, 3.05) is 70.3 Å². The summed E-state index contributed by atoms with van der Waals surface area (Å²) < 4.78 is 14.0. The van der Waals surface area contributed by atoms with E-state index in [0.717, 1.165) is 94.7 Å². The van der Waals surface area contributed by atoms with Crippen LogP contribution in [-0.4, -0.2) is 88.5 Å². The van der Waals surface area contributed by atoms with E-state index in [9.17, 15) is 24.3 Å². The lowest BCUT2D eigenvalue weighted by molar-refractivity contribution is -0.139. The summed E-state index contributed by atoms with van der Waals surface area (Å²) >= 11 is 4.86. The fourth-order valence-electron chi connectivity index (χ4n) is 10.3. The molecule has 98 heavy (non-hydrogen) atoms. The Morgan fingerprint density at radius 1 is 0.510 bits per heavy atom. The van der Waals surface area contributed by atoms with E-state index in [1.165, 1.54) is 39.6 Å². The Balaban J connectivity index is 0.000000251. The van der Waals surface area contributed by atoms with E-state index in [4.69, 9.17) is 14.8 Å². The zero-order valence-corrected chi connectivity index (χ0v) is 62.9. The van der Waals surface area contributed by atoms with Crippen molar-refractivity contribution in [2.45, 2.75) is 161 Å². The molecule has 0 fully saturated rings. The highest BCUT2D eigenvalue weighted by Gasteiger charge is 2.29. The van der Waals surface area contributed by atoms with Crippen molar-refractivity contribution < 1.29 is 37.9 Å². The summed E-state index contributed by atoms with van der Waals surface area (Å²) in [5.74, 6) is 5.06. The van der Waals surface area contributed by atoms with Crippen LogP contribution in [0.3, 0.4) is 0 Å². The van der Waals surface area contributed by atoms with Crippen LogP contribution < -0.4 is 31.1 Å². The molecular formula is C77H104N10O8S3. The van der Waals surface area contributed by atoms with E-state index in [0.29, 0.717) is 58.4 Å². The average Bonchev–Trinajstić information content (AvgIpc) is 1.02. The average molecular weight is 1390 g/mol. The first-order valence-electron chi connectivity index (χ1n) is 33.6. The molecule has 18 nitrogen and oxygen atoms in total. The molecule has 0 bridgehead atoms. The number of rotatable bonds is 31. The maximum Gasteiger partial charge on any atom is 0.319 e. The zero-order valence-electron chi connectivity index (χ0n) is 60.5. The second-order valence-corrected chi connectivity index (χ2v) is 31.2. The summed E-state index contributed by atoms with van der Waals surface area (Å²) in [5, 5.41) is 26.9. The maximum atomic E-state index is 12.9. The maximum absolute atomic E-state index is 12.9. The van der Waals surface area contributed by atoms with Crippen LogP contribution >= 0.6 is 35.3 Å². The minimum absolute atomic E-state index is 0.0760. The number of nitrogens with one attached hydrogen (secondary N) is 2. The van der Waals surface area contributed by atoms with Gasteiger partial charge in [-0.25, -0.2) is 4.79 Å². The van der Waals surface area contributed by atoms with Crippen LogP contribution in [0.5, 0.6) is 0 Å². The highest BCUT2D eigenvalue weighted by Crippen LogP contribution is 2.39. The number of aliphatic imine (C=N–C) groups is 1. The lowest BCUT2D eigenvalue weighted by Gasteiger charge is -2.31. The molecule has 21 heteroatoms. The number of nitrogen functional groups attached to an aromatic ring is 1. The van der Waals surface area contributed by atoms with E-state index < -0.39 is 10.7 Å². The molecule has 3 aromatic heterocycles. The Morgan fingerprint density at radius 3 is 1.21 bits per heavy atom. The number of hydrogen-bond acceptors (Lipinski definition) is 18. The number of hydrogen-bond donors (Lipinski definition) is 4. The molecule has 0 aliphatic carbocycles. The third kappa shape index (κ3) is 29.5. The van der Waals surface area contributed by atoms with Crippen LogP contribution in [0.25, 0.3) is 0 Å². The Labute approximate surface area is 594 Å². The summed E-state index contributed by atoms with van der Waals surface area (Å²) in [4.78, 5) is 60.3. The van der Waals surface area contributed by atoms with Gasteiger partial charge in [-0.3, -0.25) is 14.4 Å². The van der Waals surface area contributed by atoms with Gasteiger partial charge in [0.2, 0.25) is 17.9 Å². The molecule has 0 aliphatic heterocycles. The molecule has 0 saturated carbocycles. The van der Waals surface area contributed by atoms with Gasteiger partial charge in [-0.05, 0) is 136 Å². The van der Waals surface area contributed by atoms with Crippen molar-refractivity contribution >= 4 is 99.2 Å². The van der Waals surface area contributed by atoms with Gasteiger partial charge in [0.1, 0.15) is 16.3 Å². The van der Waals surface area contributed by atoms with Crippen LogP contribution in [0.4, 0.5) is 40.0 Å². The number of carbonyl (C=O) groups is 3. The van der Waals surface area contributed by atoms with Gasteiger partial charge >= 0.3 is 5.97 Å². The monoisotopic (exact) mass is 1390 g/mol. The van der Waals surface area contributed by atoms with E-state index in [-0.39, 0.29) is 30.5 Å². The van der Waals surface area contributed by atoms with Crippen LogP contribution in [0.2, 0.25) is 0 Å². The molecule has 8 aromatic rings. The molecule has 8 rings (SSSR count). The van der Waals surface area contributed by atoms with Gasteiger partial charge in [0.15, 0.2) is 0 Å². The van der Waals surface area contributed by atoms with E-state index in [2.05, 4.69) is 224 Å². The van der Waals surface area contributed by atoms with Crippen LogP contribution in [0.15, 0.2) is 167 Å². The lowest BCUT2D eigenvalue weighted by atomic mass is 10.1. The fourth-order valence-corrected chi connectivity index (χ4v) is 13.1. The van der Waals surface area contributed by atoms with Crippen LogP contribution in [-0.2, 0) is 43.5 Å². The molecule has 0 saturated heterocycles. The largest absolute Gasteiger partial charge is 0.480 e. The molecule has 5 N–H and O–H groups in total. The van der Waals surface area contributed by atoms with Crippen molar-refractivity contribution in [3.05, 3.63) is 173 Å². The minimum Gasteiger partial charge on any atom is -0.480 e. The minimum atomic E-state index is -0.990. The topological polar surface area (TPSA) is 239 Å².